The maximum atomic E-state index is 12.4. The van der Waals surface area contributed by atoms with Crippen LogP contribution in [0.4, 0.5) is 5.00 Å². The molecule has 5 nitrogen and oxygen atoms in total. The molecule has 0 unspecified atom stereocenters. The van der Waals surface area contributed by atoms with Crippen LogP contribution in [-0.4, -0.2) is 20.1 Å². The molecule has 0 aliphatic heterocycles. The van der Waals surface area contributed by atoms with Gasteiger partial charge in [-0.25, -0.2) is 8.42 Å². The van der Waals surface area contributed by atoms with Crippen LogP contribution < -0.4 is 5.32 Å². The predicted octanol–water partition coefficient (Wildman–Crippen LogP) is 4.39. The van der Waals surface area contributed by atoms with E-state index in [9.17, 15) is 18.5 Å². The Bertz CT molecular complexity index is 1000. The number of nitriles is 1. The van der Waals surface area contributed by atoms with Crippen molar-refractivity contribution in [2.75, 3.05) is 11.1 Å². The van der Waals surface area contributed by atoms with Gasteiger partial charge in [-0.3, -0.25) is 4.79 Å². The van der Waals surface area contributed by atoms with E-state index in [1.54, 1.807) is 24.3 Å². The van der Waals surface area contributed by atoms with E-state index < -0.39 is 9.84 Å². The third-order valence-electron chi connectivity index (χ3n) is 4.98. The van der Waals surface area contributed by atoms with Gasteiger partial charge in [0.1, 0.15) is 11.1 Å². The summed E-state index contributed by atoms with van der Waals surface area (Å²) in [4.78, 5) is 13.8. The number of hydrogen-bond donors (Lipinski definition) is 1. The molecule has 0 radical (unpaired) electrons. The Morgan fingerprint density at radius 1 is 1.18 bits per heavy atom. The Kier molecular flexibility index (Phi) is 6.53. The first-order valence-electron chi connectivity index (χ1n) is 9.54. The van der Waals surface area contributed by atoms with Crippen molar-refractivity contribution in [1.82, 2.24) is 0 Å². The van der Waals surface area contributed by atoms with Gasteiger partial charge in [0.2, 0.25) is 5.91 Å². The van der Waals surface area contributed by atoms with E-state index in [0.717, 1.165) is 36.8 Å². The number of sulfone groups is 1. The number of rotatable bonds is 6. The maximum absolute atomic E-state index is 12.4. The summed E-state index contributed by atoms with van der Waals surface area (Å²) in [5, 5.41) is 13.0. The fraction of sp³-hybridized carbons (Fsp3) is 0.429. The summed E-state index contributed by atoms with van der Waals surface area (Å²) in [6, 6.07) is 8.98. The molecule has 2 aromatic rings. The van der Waals surface area contributed by atoms with Crippen molar-refractivity contribution in [3.8, 4) is 6.07 Å². The number of carbonyl (C=O) groups excluding carboxylic acids is 1. The lowest BCUT2D eigenvalue weighted by Gasteiger charge is -2.06. The average molecular weight is 417 g/mol. The van der Waals surface area contributed by atoms with Crippen LogP contribution in [0.1, 0.15) is 53.7 Å². The highest BCUT2D eigenvalue weighted by Gasteiger charge is 2.21. The molecule has 28 heavy (non-hydrogen) atoms. The van der Waals surface area contributed by atoms with Crippen molar-refractivity contribution in [2.24, 2.45) is 0 Å². The van der Waals surface area contributed by atoms with Crippen LogP contribution in [0.3, 0.4) is 0 Å². The van der Waals surface area contributed by atoms with Gasteiger partial charge in [-0.15, -0.1) is 11.3 Å². The maximum Gasteiger partial charge on any atom is 0.225 e. The molecule has 0 bridgehead atoms. The summed E-state index contributed by atoms with van der Waals surface area (Å²) in [6.45, 7) is 1.90. The monoisotopic (exact) mass is 416 g/mol. The number of anilines is 1. The Morgan fingerprint density at radius 2 is 1.89 bits per heavy atom. The highest BCUT2D eigenvalue weighted by molar-refractivity contribution is 7.91. The Morgan fingerprint density at radius 3 is 2.61 bits per heavy atom. The van der Waals surface area contributed by atoms with Crippen LogP contribution in [0.2, 0.25) is 0 Å². The van der Waals surface area contributed by atoms with E-state index in [0.29, 0.717) is 10.6 Å². The van der Waals surface area contributed by atoms with E-state index in [1.165, 1.54) is 22.6 Å². The van der Waals surface area contributed by atoms with Gasteiger partial charge in [0, 0.05) is 11.3 Å². The lowest BCUT2D eigenvalue weighted by Crippen LogP contribution is -2.14. The van der Waals surface area contributed by atoms with Crippen LogP contribution in [0.15, 0.2) is 29.2 Å². The quantitative estimate of drug-likeness (QED) is 0.708. The molecular formula is C21H24N2O3S2. The highest BCUT2D eigenvalue weighted by atomic mass is 32.2. The summed E-state index contributed by atoms with van der Waals surface area (Å²) in [6.07, 6.45) is 5.56. The highest BCUT2D eigenvalue weighted by Crippen LogP contribution is 2.37. The second kappa shape index (κ2) is 8.89. The second-order valence-corrected chi connectivity index (χ2v) is 10.4. The SMILES string of the molecule is Cc1ccc(S(=O)(=O)CCCC(=O)Nc2sc3c(c2C#N)CCCCC3)cc1. The molecule has 148 valence electrons. The van der Waals surface area contributed by atoms with Crippen LogP contribution in [0.5, 0.6) is 0 Å². The third-order valence-corrected chi connectivity index (χ3v) is 8.01. The summed E-state index contributed by atoms with van der Waals surface area (Å²) in [5.41, 5.74) is 2.67. The lowest BCUT2D eigenvalue weighted by atomic mass is 10.1. The van der Waals surface area contributed by atoms with Crippen LogP contribution in [0.25, 0.3) is 0 Å². The number of fused-ring (bicyclic) bond motifs is 1. The predicted molar refractivity (Wildman–Crippen MR) is 111 cm³/mol. The molecule has 1 aliphatic rings. The van der Waals surface area contributed by atoms with Crippen molar-refractivity contribution in [2.45, 2.75) is 56.8 Å². The van der Waals surface area contributed by atoms with Gasteiger partial charge in [0.25, 0.3) is 0 Å². The Hall–Kier alpha value is -2.17. The number of amides is 1. The van der Waals surface area contributed by atoms with E-state index in [1.807, 2.05) is 6.92 Å². The van der Waals surface area contributed by atoms with E-state index in [2.05, 4.69) is 11.4 Å². The number of benzene rings is 1. The fourth-order valence-electron chi connectivity index (χ4n) is 3.42. The Balaban J connectivity index is 1.59. The van der Waals surface area contributed by atoms with E-state index in [-0.39, 0.29) is 29.4 Å². The molecule has 0 saturated carbocycles. The molecular weight excluding hydrogens is 392 g/mol. The molecule has 0 spiro atoms. The second-order valence-electron chi connectivity index (χ2n) is 7.16. The van der Waals surface area contributed by atoms with Crippen LogP contribution in [-0.2, 0) is 27.5 Å². The van der Waals surface area contributed by atoms with Crippen molar-refractivity contribution in [1.29, 1.82) is 5.26 Å². The van der Waals surface area contributed by atoms with Crippen molar-refractivity contribution in [3.63, 3.8) is 0 Å². The minimum absolute atomic E-state index is 0.0739. The average Bonchev–Trinajstić information content (AvgIpc) is 2.81. The molecule has 3 rings (SSSR count). The lowest BCUT2D eigenvalue weighted by molar-refractivity contribution is -0.116. The normalized spacial score (nSPS) is 14.0. The molecule has 7 heteroatoms. The molecule has 1 amide bonds. The van der Waals surface area contributed by atoms with Crippen molar-refractivity contribution in [3.05, 3.63) is 45.8 Å². The number of nitrogens with one attached hydrogen (secondary N) is 1. The summed E-state index contributed by atoms with van der Waals surface area (Å²) in [5.74, 6) is -0.317. The zero-order chi connectivity index (χ0) is 20.1. The number of thiophene rings is 1. The first-order chi connectivity index (χ1) is 13.4. The molecule has 1 aromatic carbocycles. The smallest absolute Gasteiger partial charge is 0.225 e. The summed E-state index contributed by atoms with van der Waals surface area (Å²) in [7, 11) is -3.39. The van der Waals surface area contributed by atoms with E-state index >= 15 is 0 Å². The zero-order valence-corrected chi connectivity index (χ0v) is 17.6. The fourth-order valence-corrected chi connectivity index (χ4v) is 5.99. The van der Waals surface area contributed by atoms with Crippen molar-refractivity contribution < 1.29 is 13.2 Å². The van der Waals surface area contributed by atoms with Gasteiger partial charge >= 0.3 is 0 Å². The molecule has 1 heterocycles. The zero-order valence-electron chi connectivity index (χ0n) is 16.0. The third kappa shape index (κ3) is 4.81. The van der Waals surface area contributed by atoms with Gasteiger partial charge in [0.05, 0.1) is 16.2 Å². The van der Waals surface area contributed by atoms with E-state index in [4.69, 9.17) is 0 Å². The van der Waals surface area contributed by atoms with Gasteiger partial charge in [0.15, 0.2) is 9.84 Å². The van der Waals surface area contributed by atoms with Crippen LogP contribution in [0, 0.1) is 18.3 Å². The number of aryl methyl sites for hydroxylation is 2. The molecule has 1 aromatic heterocycles. The van der Waals surface area contributed by atoms with Gasteiger partial charge in [-0.1, -0.05) is 24.1 Å². The summed E-state index contributed by atoms with van der Waals surface area (Å²) >= 11 is 1.49. The largest absolute Gasteiger partial charge is 0.317 e. The number of nitrogens with zero attached hydrogens (tertiary/aromatic N) is 1. The molecule has 0 saturated heterocycles. The number of carbonyl (C=O) groups is 1. The molecule has 0 atom stereocenters. The van der Waals surface area contributed by atoms with Gasteiger partial charge in [-0.05, 0) is 56.7 Å². The standard InChI is InChI=1S/C21H24N2O3S2/c1-15-9-11-16(12-10-15)28(25,26)13-5-8-20(24)23-21-18(14-22)17-6-3-2-4-7-19(17)27-21/h9-12H,2-8,13H2,1H3,(H,23,24). The van der Waals surface area contributed by atoms with Crippen molar-refractivity contribution >= 4 is 32.1 Å². The first kappa shape index (κ1) is 20.6. The minimum atomic E-state index is -3.39. The summed E-state index contributed by atoms with van der Waals surface area (Å²) < 4.78 is 24.8. The molecule has 1 N–H and O–H groups in total. The number of hydrogen-bond acceptors (Lipinski definition) is 5. The van der Waals surface area contributed by atoms with Gasteiger partial charge < -0.3 is 5.32 Å². The Labute approximate surface area is 170 Å². The minimum Gasteiger partial charge on any atom is -0.317 e. The molecule has 1 aliphatic carbocycles. The van der Waals surface area contributed by atoms with Crippen LogP contribution >= 0.6 is 11.3 Å². The molecule has 0 fully saturated rings. The topological polar surface area (TPSA) is 87.0 Å². The van der Waals surface area contributed by atoms with Gasteiger partial charge in [-0.2, -0.15) is 5.26 Å². The first-order valence-corrected chi connectivity index (χ1v) is 12.0.